The van der Waals surface area contributed by atoms with E-state index in [0.29, 0.717) is 28.7 Å². The summed E-state index contributed by atoms with van der Waals surface area (Å²) in [5, 5.41) is 67.6. The van der Waals surface area contributed by atoms with E-state index in [9.17, 15) is 24.9 Å². The second-order valence-electron chi connectivity index (χ2n) is 11.9. The third-order valence-corrected chi connectivity index (χ3v) is 8.56. The van der Waals surface area contributed by atoms with E-state index in [0.717, 1.165) is 24.0 Å². The first-order valence-electron chi connectivity index (χ1n) is 16.2. The maximum Gasteiger partial charge on any atom is 0.339 e. The van der Waals surface area contributed by atoms with Gasteiger partial charge in [0.2, 0.25) is 0 Å². The number of halogens is 1. The van der Waals surface area contributed by atoms with Crippen LogP contribution in [0.2, 0.25) is 5.02 Å². The zero-order valence-electron chi connectivity index (χ0n) is 27.4. The number of nitrogens with one attached hydrogen (secondary N) is 1. The van der Waals surface area contributed by atoms with E-state index in [1.54, 1.807) is 54.4 Å². The fraction of sp³-hybridized carbons (Fsp3) is 0.405. The van der Waals surface area contributed by atoms with E-state index in [4.69, 9.17) is 32.0 Å². The molecule has 1 aliphatic carbocycles. The predicted molar refractivity (Wildman–Crippen MR) is 187 cm³/mol. The van der Waals surface area contributed by atoms with Gasteiger partial charge in [-0.05, 0) is 86.5 Å². The average molecular weight is 697 g/mol. The first-order valence-corrected chi connectivity index (χ1v) is 16.6. The first-order chi connectivity index (χ1) is 23.4. The molecule has 0 radical (unpaired) electrons. The van der Waals surface area contributed by atoms with Gasteiger partial charge in [0.25, 0.3) is 5.91 Å². The van der Waals surface area contributed by atoms with Crippen LogP contribution in [0.15, 0.2) is 66.7 Å². The molecule has 1 aliphatic rings. The molecular weight excluding hydrogens is 652 g/mol. The monoisotopic (exact) mass is 696 g/mol. The van der Waals surface area contributed by atoms with Crippen molar-refractivity contribution >= 4 is 29.2 Å². The molecule has 1 amide bonds. The van der Waals surface area contributed by atoms with Gasteiger partial charge in [0.05, 0.1) is 12.7 Å². The van der Waals surface area contributed by atoms with Gasteiger partial charge in [-0.25, -0.2) is 4.79 Å². The van der Waals surface area contributed by atoms with Crippen molar-refractivity contribution in [3.05, 3.63) is 94.0 Å². The molecule has 3 aromatic carbocycles. The number of anilines is 1. The quantitative estimate of drug-likeness (QED) is 0.123. The van der Waals surface area contributed by atoms with Crippen molar-refractivity contribution in [2.45, 2.75) is 62.9 Å². The molecule has 0 aliphatic heterocycles. The highest BCUT2D eigenvalue weighted by Gasteiger charge is 2.29. The Balaban J connectivity index is 0.000000425. The van der Waals surface area contributed by atoms with Crippen LogP contribution in [0.3, 0.4) is 0 Å². The lowest BCUT2D eigenvalue weighted by Crippen LogP contribution is -2.48. The number of aromatic carboxylic acids is 1. The molecule has 11 nitrogen and oxygen atoms in total. The highest BCUT2D eigenvalue weighted by molar-refractivity contribution is 6.30. The summed E-state index contributed by atoms with van der Waals surface area (Å²) in [5.41, 5.74) is 2.39. The summed E-state index contributed by atoms with van der Waals surface area (Å²) in [6.07, 6.45) is 1.24. The number of phenols is 1. The Morgan fingerprint density at radius 3 is 2.00 bits per heavy atom. The minimum absolute atomic E-state index is 0.0936. The Morgan fingerprint density at radius 1 is 0.898 bits per heavy atom. The SMILES string of the molecule is CNC[C@H](O)[C@@H](O)[C@H](O)[C@H](O)CO.O=C(O)c1ccc(N(CCCC2CCCC2)C(=O)c2ccc(C#Cc3ccc(Cl)cc3)cc2)cc1O. The Morgan fingerprint density at radius 2 is 1.47 bits per heavy atom. The van der Waals surface area contributed by atoms with E-state index in [2.05, 4.69) is 17.2 Å². The molecule has 1 fully saturated rings. The van der Waals surface area contributed by atoms with Gasteiger partial charge in [-0.3, -0.25) is 4.79 Å². The van der Waals surface area contributed by atoms with Crippen LogP contribution in [0.1, 0.15) is 70.4 Å². The Kier molecular flexibility index (Phi) is 16.0. The van der Waals surface area contributed by atoms with Crippen molar-refractivity contribution in [1.29, 1.82) is 0 Å². The van der Waals surface area contributed by atoms with Crippen molar-refractivity contribution in [3.8, 4) is 17.6 Å². The van der Waals surface area contributed by atoms with E-state index in [-0.39, 0.29) is 23.8 Å². The number of aliphatic hydroxyl groups is 5. The minimum atomic E-state index is -1.55. The molecule has 8 N–H and O–H groups in total. The van der Waals surface area contributed by atoms with E-state index in [1.807, 2.05) is 12.1 Å². The molecular formula is C37H45ClN2O9. The second kappa shape index (κ2) is 19.9. The zero-order valence-corrected chi connectivity index (χ0v) is 28.1. The third-order valence-electron chi connectivity index (χ3n) is 8.30. The van der Waals surface area contributed by atoms with Gasteiger partial charge in [0, 0.05) is 46.6 Å². The number of hydrogen-bond acceptors (Lipinski definition) is 9. The molecule has 0 bridgehead atoms. The highest BCUT2D eigenvalue weighted by Crippen LogP contribution is 2.30. The van der Waals surface area contributed by atoms with Crippen LogP contribution in [-0.2, 0) is 0 Å². The highest BCUT2D eigenvalue weighted by atomic mass is 35.5. The van der Waals surface area contributed by atoms with Crippen molar-refractivity contribution in [3.63, 3.8) is 0 Å². The molecule has 0 heterocycles. The number of hydrogen-bond donors (Lipinski definition) is 8. The van der Waals surface area contributed by atoms with Gasteiger partial charge in [0.1, 0.15) is 29.6 Å². The van der Waals surface area contributed by atoms with E-state index < -0.39 is 37.0 Å². The molecule has 0 spiro atoms. The number of carboxylic acid groups (broad SMARTS) is 1. The van der Waals surface area contributed by atoms with Crippen LogP contribution in [0.5, 0.6) is 5.75 Å². The number of aliphatic hydroxyl groups excluding tert-OH is 5. The summed E-state index contributed by atoms with van der Waals surface area (Å²) in [6.45, 7) is -0.0831. The summed E-state index contributed by atoms with van der Waals surface area (Å²) in [5.74, 6) is 5.09. The van der Waals surface area contributed by atoms with Crippen molar-refractivity contribution in [2.75, 3.05) is 31.6 Å². The van der Waals surface area contributed by atoms with Gasteiger partial charge in [-0.2, -0.15) is 0 Å². The summed E-state index contributed by atoms with van der Waals surface area (Å²) >= 11 is 5.92. The van der Waals surface area contributed by atoms with Crippen LogP contribution in [-0.4, -0.2) is 98.8 Å². The van der Waals surface area contributed by atoms with E-state index in [1.165, 1.54) is 37.8 Å². The number of carbonyl (C=O) groups is 2. The van der Waals surface area contributed by atoms with Crippen LogP contribution in [0, 0.1) is 17.8 Å². The average Bonchev–Trinajstić information content (AvgIpc) is 3.62. The van der Waals surface area contributed by atoms with Crippen molar-refractivity contribution in [1.82, 2.24) is 5.32 Å². The largest absolute Gasteiger partial charge is 0.507 e. The summed E-state index contributed by atoms with van der Waals surface area (Å²) in [4.78, 5) is 26.4. The summed E-state index contributed by atoms with van der Waals surface area (Å²) < 4.78 is 0. The summed E-state index contributed by atoms with van der Waals surface area (Å²) in [6, 6.07) is 18.6. The van der Waals surface area contributed by atoms with Gasteiger partial charge in [0.15, 0.2) is 0 Å². The third kappa shape index (κ3) is 12.1. The predicted octanol–water partition coefficient (Wildman–Crippen LogP) is 3.40. The normalized spacial score (nSPS) is 15.2. The number of aromatic hydroxyl groups is 1. The van der Waals surface area contributed by atoms with E-state index >= 15 is 0 Å². The number of amides is 1. The molecule has 0 aromatic heterocycles. The lowest BCUT2D eigenvalue weighted by atomic mass is 10.0. The topological polar surface area (TPSA) is 191 Å². The maximum absolute atomic E-state index is 13.5. The van der Waals surface area contributed by atoms with Gasteiger partial charge < -0.3 is 46.0 Å². The number of carboxylic acids is 1. The Labute approximate surface area is 291 Å². The van der Waals surface area contributed by atoms with Gasteiger partial charge >= 0.3 is 5.97 Å². The molecule has 49 heavy (non-hydrogen) atoms. The molecule has 0 unspecified atom stereocenters. The zero-order chi connectivity index (χ0) is 35.9. The summed E-state index contributed by atoms with van der Waals surface area (Å²) in [7, 11) is 1.57. The van der Waals surface area contributed by atoms with Crippen LogP contribution in [0.4, 0.5) is 5.69 Å². The molecule has 12 heteroatoms. The van der Waals surface area contributed by atoms with Crippen LogP contribution >= 0.6 is 11.6 Å². The second-order valence-corrected chi connectivity index (χ2v) is 12.4. The Bertz CT molecular complexity index is 1550. The standard InChI is InChI=1S/C30H28ClNO4.C7H17NO5/c31-25-15-11-23(12-16-25)8-7-22-9-13-24(14-10-22)29(34)32(19-3-6-21-4-1-2-5-21)26-17-18-27(30(35)36)28(33)20-26;1-8-2-4(10)6(12)7(13)5(11)3-9/h9-18,20-21,33H,1-6,19H2,(H,35,36);4-13H,2-3H2,1H3/t;4-,5+,6+,7+/m.0/s1. The number of nitrogens with zero attached hydrogens (tertiary/aromatic N) is 1. The number of rotatable bonds is 13. The Hall–Kier alpha value is -3.99. The lowest BCUT2D eigenvalue weighted by Gasteiger charge is -2.25. The van der Waals surface area contributed by atoms with Gasteiger partial charge in [-0.15, -0.1) is 0 Å². The maximum atomic E-state index is 13.5. The minimum Gasteiger partial charge on any atom is -0.507 e. The number of carbonyl (C=O) groups excluding carboxylic acids is 1. The number of likely N-dealkylation sites (N-methyl/N-ethyl adjacent to an activating group) is 1. The fourth-order valence-corrected chi connectivity index (χ4v) is 5.60. The van der Waals surface area contributed by atoms with Gasteiger partial charge in [-0.1, -0.05) is 49.1 Å². The molecule has 264 valence electrons. The first kappa shape index (κ1) is 39.4. The molecule has 0 saturated heterocycles. The molecule has 1 saturated carbocycles. The smallest absolute Gasteiger partial charge is 0.339 e. The number of benzene rings is 3. The van der Waals surface area contributed by atoms with Crippen molar-refractivity contribution < 1.29 is 45.3 Å². The molecule has 3 aromatic rings. The fourth-order valence-electron chi connectivity index (χ4n) is 5.48. The molecule has 4 atom stereocenters. The lowest BCUT2D eigenvalue weighted by molar-refractivity contribution is -0.113. The van der Waals surface area contributed by atoms with Crippen LogP contribution < -0.4 is 10.2 Å². The van der Waals surface area contributed by atoms with Crippen molar-refractivity contribution in [2.24, 2.45) is 5.92 Å². The van der Waals surface area contributed by atoms with Crippen LogP contribution in [0.25, 0.3) is 0 Å². The molecule has 4 rings (SSSR count).